The molecular formula is C14H21N. The molecule has 0 aliphatic carbocycles. The second-order valence-electron chi connectivity index (χ2n) is 5.06. The summed E-state index contributed by atoms with van der Waals surface area (Å²) in [5.74, 6) is 0.745. The van der Waals surface area contributed by atoms with E-state index in [0.29, 0.717) is 6.04 Å². The zero-order valence-electron chi connectivity index (χ0n) is 10.0. The van der Waals surface area contributed by atoms with Crippen molar-refractivity contribution in [3.63, 3.8) is 0 Å². The Morgan fingerprint density at radius 1 is 1.40 bits per heavy atom. The molecule has 1 nitrogen and oxygen atoms in total. The van der Waals surface area contributed by atoms with Crippen LogP contribution in [0.3, 0.4) is 0 Å². The Kier molecular flexibility index (Phi) is 3.11. The Hall–Kier alpha value is -0.820. The van der Waals surface area contributed by atoms with Gasteiger partial charge in [-0.25, -0.2) is 0 Å². The van der Waals surface area contributed by atoms with Gasteiger partial charge in [-0.1, -0.05) is 32.0 Å². The molecule has 1 atom stereocenters. The van der Waals surface area contributed by atoms with Gasteiger partial charge in [0.2, 0.25) is 0 Å². The van der Waals surface area contributed by atoms with Gasteiger partial charge in [0.15, 0.2) is 0 Å². The molecule has 0 saturated heterocycles. The summed E-state index contributed by atoms with van der Waals surface area (Å²) < 4.78 is 0. The van der Waals surface area contributed by atoms with Crippen LogP contribution in [0.4, 0.5) is 0 Å². The Balaban J connectivity index is 2.27. The second-order valence-corrected chi connectivity index (χ2v) is 5.06. The maximum atomic E-state index is 3.52. The molecule has 1 aliphatic rings. The molecule has 0 fully saturated rings. The average molecular weight is 203 g/mol. The summed E-state index contributed by atoms with van der Waals surface area (Å²) in [5.41, 5.74) is 4.53. The van der Waals surface area contributed by atoms with Gasteiger partial charge in [-0.05, 0) is 48.9 Å². The summed E-state index contributed by atoms with van der Waals surface area (Å²) in [6.07, 6.45) is 2.38. The summed E-state index contributed by atoms with van der Waals surface area (Å²) in [6.45, 7) is 7.94. The third-order valence-corrected chi connectivity index (χ3v) is 3.17. The Labute approximate surface area is 92.9 Å². The van der Waals surface area contributed by atoms with E-state index in [0.717, 1.165) is 12.5 Å². The lowest BCUT2D eigenvalue weighted by atomic mass is 9.91. The predicted molar refractivity (Wildman–Crippen MR) is 65.1 cm³/mol. The first-order valence-electron chi connectivity index (χ1n) is 6.02. The van der Waals surface area contributed by atoms with Crippen LogP contribution in [-0.4, -0.2) is 6.54 Å². The first kappa shape index (κ1) is 10.7. The van der Waals surface area contributed by atoms with E-state index < -0.39 is 0 Å². The molecule has 1 unspecified atom stereocenters. The van der Waals surface area contributed by atoms with Crippen LogP contribution in [-0.2, 0) is 12.8 Å². The van der Waals surface area contributed by atoms with E-state index in [1.54, 1.807) is 0 Å². The molecule has 0 saturated carbocycles. The van der Waals surface area contributed by atoms with Gasteiger partial charge in [0.25, 0.3) is 0 Å². The molecule has 0 amide bonds. The standard InChI is InChI=1S/C14H21N/c1-10(2)8-12-4-5-13-6-7-15-11(3)14(13)9-12/h4-5,9-11,15H,6-8H2,1-3H3. The molecule has 1 heterocycles. The van der Waals surface area contributed by atoms with Crippen molar-refractivity contribution in [3.8, 4) is 0 Å². The van der Waals surface area contributed by atoms with Crippen LogP contribution in [0.1, 0.15) is 43.5 Å². The molecule has 82 valence electrons. The van der Waals surface area contributed by atoms with Crippen molar-refractivity contribution in [1.82, 2.24) is 5.32 Å². The largest absolute Gasteiger partial charge is 0.310 e. The third kappa shape index (κ3) is 2.40. The second kappa shape index (κ2) is 4.36. The number of hydrogen-bond acceptors (Lipinski definition) is 1. The van der Waals surface area contributed by atoms with Gasteiger partial charge in [0.1, 0.15) is 0 Å². The maximum absolute atomic E-state index is 3.52. The molecule has 0 spiro atoms. The highest BCUT2D eigenvalue weighted by molar-refractivity contribution is 5.36. The summed E-state index contributed by atoms with van der Waals surface area (Å²) in [5, 5.41) is 3.52. The lowest BCUT2D eigenvalue weighted by molar-refractivity contribution is 0.539. The summed E-state index contributed by atoms with van der Waals surface area (Å²) in [6, 6.07) is 7.55. The molecule has 2 rings (SSSR count). The van der Waals surface area contributed by atoms with Gasteiger partial charge in [-0.3, -0.25) is 0 Å². The topological polar surface area (TPSA) is 12.0 Å². The predicted octanol–water partition coefficient (Wildman–Crippen LogP) is 3.09. The number of nitrogens with one attached hydrogen (secondary N) is 1. The number of rotatable bonds is 2. The zero-order valence-corrected chi connectivity index (χ0v) is 10.0. The molecule has 0 aromatic heterocycles. The minimum Gasteiger partial charge on any atom is -0.310 e. The van der Waals surface area contributed by atoms with Crippen LogP contribution >= 0.6 is 0 Å². The van der Waals surface area contributed by atoms with E-state index in [9.17, 15) is 0 Å². The highest BCUT2D eigenvalue weighted by Crippen LogP contribution is 2.24. The van der Waals surface area contributed by atoms with Crippen LogP contribution in [0.5, 0.6) is 0 Å². The quantitative estimate of drug-likeness (QED) is 0.779. The highest BCUT2D eigenvalue weighted by Gasteiger charge is 2.15. The molecule has 1 aromatic rings. The van der Waals surface area contributed by atoms with Crippen molar-refractivity contribution in [1.29, 1.82) is 0 Å². The molecule has 1 aromatic carbocycles. The zero-order chi connectivity index (χ0) is 10.8. The van der Waals surface area contributed by atoms with Gasteiger partial charge < -0.3 is 5.32 Å². The summed E-state index contributed by atoms with van der Waals surface area (Å²) in [4.78, 5) is 0. The van der Waals surface area contributed by atoms with Crippen molar-refractivity contribution in [2.24, 2.45) is 5.92 Å². The number of fused-ring (bicyclic) bond motifs is 1. The lowest BCUT2D eigenvalue weighted by Gasteiger charge is -2.24. The van der Waals surface area contributed by atoms with E-state index in [1.165, 1.54) is 29.5 Å². The Morgan fingerprint density at radius 3 is 2.93 bits per heavy atom. The van der Waals surface area contributed by atoms with Crippen LogP contribution in [0.2, 0.25) is 0 Å². The first-order chi connectivity index (χ1) is 7.16. The van der Waals surface area contributed by atoms with Gasteiger partial charge in [-0.2, -0.15) is 0 Å². The van der Waals surface area contributed by atoms with Crippen LogP contribution in [0, 0.1) is 5.92 Å². The van der Waals surface area contributed by atoms with E-state index in [4.69, 9.17) is 0 Å². The highest BCUT2D eigenvalue weighted by atomic mass is 14.9. The smallest absolute Gasteiger partial charge is 0.0294 e. The van der Waals surface area contributed by atoms with E-state index in [1.807, 2.05) is 0 Å². The average Bonchev–Trinajstić information content (AvgIpc) is 2.18. The Bertz CT molecular complexity index is 341. The molecule has 0 radical (unpaired) electrons. The fraction of sp³-hybridized carbons (Fsp3) is 0.571. The van der Waals surface area contributed by atoms with Gasteiger partial charge in [0, 0.05) is 6.04 Å². The molecule has 1 N–H and O–H groups in total. The van der Waals surface area contributed by atoms with Crippen LogP contribution in [0.25, 0.3) is 0 Å². The Morgan fingerprint density at radius 2 is 2.20 bits per heavy atom. The van der Waals surface area contributed by atoms with Crippen LogP contribution in [0.15, 0.2) is 18.2 Å². The molecule has 0 bridgehead atoms. The van der Waals surface area contributed by atoms with Crippen molar-refractivity contribution in [3.05, 3.63) is 34.9 Å². The number of hydrogen-bond donors (Lipinski definition) is 1. The third-order valence-electron chi connectivity index (χ3n) is 3.17. The molecular weight excluding hydrogens is 182 g/mol. The van der Waals surface area contributed by atoms with E-state index >= 15 is 0 Å². The van der Waals surface area contributed by atoms with Crippen molar-refractivity contribution in [2.45, 2.75) is 39.7 Å². The summed E-state index contributed by atoms with van der Waals surface area (Å²) >= 11 is 0. The minimum absolute atomic E-state index is 0.529. The fourth-order valence-electron chi connectivity index (χ4n) is 2.41. The molecule has 15 heavy (non-hydrogen) atoms. The van der Waals surface area contributed by atoms with E-state index in [2.05, 4.69) is 44.3 Å². The van der Waals surface area contributed by atoms with Gasteiger partial charge in [-0.15, -0.1) is 0 Å². The van der Waals surface area contributed by atoms with Crippen molar-refractivity contribution in [2.75, 3.05) is 6.54 Å². The molecule has 1 heteroatoms. The lowest BCUT2D eigenvalue weighted by Crippen LogP contribution is -2.27. The minimum atomic E-state index is 0.529. The number of benzene rings is 1. The van der Waals surface area contributed by atoms with Gasteiger partial charge >= 0.3 is 0 Å². The van der Waals surface area contributed by atoms with Gasteiger partial charge in [0.05, 0.1) is 0 Å². The molecule has 1 aliphatic heterocycles. The summed E-state index contributed by atoms with van der Waals surface area (Å²) in [7, 11) is 0. The fourth-order valence-corrected chi connectivity index (χ4v) is 2.41. The van der Waals surface area contributed by atoms with E-state index in [-0.39, 0.29) is 0 Å². The van der Waals surface area contributed by atoms with Crippen molar-refractivity contribution >= 4 is 0 Å². The normalized spacial score (nSPS) is 20.4. The SMILES string of the molecule is CC(C)Cc1ccc2c(c1)C(C)NCC2. The van der Waals surface area contributed by atoms with Crippen molar-refractivity contribution < 1.29 is 0 Å². The monoisotopic (exact) mass is 203 g/mol. The van der Waals surface area contributed by atoms with Crippen LogP contribution < -0.4 is 5.32 Å². The maximum Gasteiger partial charge on any atom is 0.0294 e. The first-order valence-corrected chi connectivity index (χ1v) is 6.02.